The maximum atomic E-state index is 5.55. The van der Waals surface area contributed by atoms with E-state index >= 15 is 0 Å². The summed E-state index contributed by atoms with van der Waals surface area (Å²) in [5.41, 5.74) is 1.22. The van der Waals surface area contributed by atoms with E-state index in [2.05, 4.69) is 41.7 Å². The van der Waals surface area contributed by atoms with Gasteiger partial charge < -0.3 is 14.8 Å². The molecule has 1 unspecified atom stereocenters. The average Bonchev–Trinajstić information content (AvgIpc) is 2.80. The molecule has 1 aliphatic heterocycles. The van der Waals surface area contributed by atoms with Gasteiger partial charge in [0.05, 0.1) is 7.11 Å². The first-order chi connectivity index (χ1) is 10.4. The van der Waals surface area contributed by atoms with Gasteiger partial charge in [-0.05, 0) is 42.2 Å². The first-order valence-corrected chi connectivity index (χ1v) is 7.73. The lowest BCUT2D eigenvalue weighted by molar-refractivity contribution is 0.142. The lowest BCUT2D eigenvalue weighted by atomic mass is 10.0. The van der Waals surface area contributed by atoms with Gasteiger partial charge in [-0.25, -0.2) is 0 Å². The summed E-state index contributed by atoms with van der Waals surface area (Å²) in [6, 6.07) is 13.3. The van der Waals surface area contributed by atoms with Crippen LogP contribution in [-0.2, 0) is 11.3 Å². The van der Waals surface area contributed by atoms with Crippen molar-refractivity contribution < 1.29 is 9.47 Å². The monoisotopic (exact) mass is 285 g/mol. The molecule has 0 aromatic heterocycles. The molecule has 2 aromatic carbocycles. The molecular formula is C18H23NO2. The van der Waals surface area contributed by atoms with Gasteiger partial charge in [-0.15, -0.1) is 0 Å². The van der Waals surface area contributed by atoms with Crippen molar-refractivity contribution in [3.63, 3.8) is 0 Å². The predicted octanol–water partition coefficient (Wildman–Crippen LogP) is 3.51. The highest BCUT2D eigenvalue weighted by Gasteiger charge is 2.13. The highest BCUT2D eigenvalue weighted by Crippen LogP contribution is 2.26. The fourth-order valence-corrected chi connectivity index (χ4v) is 2.96. The van der Waals surface area contributed by atoms with Crippen LogP contribution < -0.4 is 10.1 Å². The Hall–Kier alpha value is -1.58. The van der Waals surface area contributed by atoms with E-state index in [0.717, 1.165) is 38.3 Å². The average molecular weight is 285 g/mol. The molecule has 0 spiro atoms. The fraction of sp³-hybridized carbons (Fsp3) is 0.444. The van der Waals surface area contributed by atoms with Gasteiger partial charge in [-0.3, -0.25) is 0 Å². The van der Waals surface area contributed by atoms with Gasteiger partial charge in [0, 0.05) is 31.4 Å². The Bertz CT molecular complexity index is 589. The summed E-state index contributed by atoms with van der Waals surface area (Å²) in [6.07, 6.45) is 3.43. The van der Waals surface area contributed by atoms with Gasteiger partial charge in [-0.1, -0.05) is 24.3 Å². The molecule has 2 aromatic rings. The van der Waals surface area contributed by atoms with Crippen molar-refractivity contribution in [1.29, 1.82) is 0 Å². The smallest absolute Gasteiger partial charge is 0.123 e. The van der Waals surface area contributed by atoms with E-state index in [-0.39, 0.29) is 0 Å². The second kappa shape index (κ2) is 6.92. The molecule has 1 heterocycles. The Morgan fingerprint density at radius 2 is 1.95 bits per heavy atom. The van der Waals surface area contributed by atoms with Crippen LogP contribution in [0.25, 0.3) is 10.8 Å². The molecule has 1 atom stereocenters. The van der Waals surface area contributed by atoms with Gasteiger partial charge in [0.1, 0.15) is 5.75 Å². The summed E-state index contributed by atoms with van der Waals surface area (Å²) in [5, 5.41) is 6.14. The van der Waals surface area contributed by atoms with Crippen molar-refractivity contribution >= 4 is 10.8 Å². The Morgan fingerprint density at radius 1 is 1.14 bits per heavy atom. The highest BCUT2D eigenvalue weighted by molar-refractivity contribution is 5.85. The molecule has 0 bridgehead atoms. The molecule has 3 heteroatoms. The second-order valence-electron chi connectivity index (χ2n) is 5.63. The largest absolute Gasteiger partial charge is 0.496 e. The first-order valence-electron chi connectivity index (χ1n) is 7.73. The number of hydrogen-bond donors (Lipinski definition) is 1. The number of fused-ring (bicyclic) bond motifs is 1. The van der Waals surface area contributed by atoms with E-state index in [1.54, 1.807) is 7.11 Å². The molecule has 1 saturated heterocycles. The van der Waals surface area contributed by atoms with Crippen LogP contribution in [0.3, 0.4) is 0 Å². The summed E-state index contributed by atoms with van der Waals surface area (Å²) in [6.45, 7) is 2.61. The molecule has 112 valence electrons. The fourth-order valence-electron chi connectivity index (χ4n) is 2.96. The zero-order chi connectivity index (χ0) is 14.5. The summed E-state index contributed by atoms with van der Waals surface area (Å²) in [4.78, 5) is 0. The molecule has 3 nitrogen and oxygen atoms in total. The molecular weight excluding hydrogens is 262 g/mol. The van der Waals surface area contributed by atoms with Crippen molar-refractivity contribution in [2.24, 2.45) is 0 Å². The van der Waals surface area contributed by atoms with Crippen LogP contribution in [0, 0.1) is 0 Å². The standard InChI is InChI=1S/C18H23NO2/c1-20-18-12-15-6-3-2-5-14(15)11-16(18)13-19-17-7-4-9-21-10-8-17/h2-3,5-6,11-12,17,19H,4,7-10,13H2,1H3. The van der Waals surface area contributed by atoms with Gasteiger partial charge in [0.15, 0.2) is 0 Å². The lowest BCUT2D eigenvalue weighted by Crippen LogP contribution is -2.28. The van der Waals surface area contributed by atoms with E-state index in [0.29, 0.717) is 6.04 Å². The number of rotatable bonds is 4. The first kappa shape index (κ1) is 14.4. The second-order valence-corrected chi connectivity index (χ2v) is 5.63. The van der Waals surface area contributed by atoms with Gasteiger partial charge >= 0.3 is 0 Å². The molecule has 21 heavy (non-hydrogen) atoms. The Kier molecular flexibility index (Phi) is 4.73. The summed E-state index contributed by atoms with van der Waals surface area (Å²) in [5.74, 6) is 0.964. The minimum Gasteiger partial charge on any atom is -0.496 e. The normalized spacial score (nSPS) is 19.4. The van der Waals surface area contributed by atoms with Crippen LogP contribution in [0.2, 0.25) is 0 Å². The number of hydrogen-bond acceptors (Lipinski definition) is 3. The molecule has 1 N–H and O–H groups in total. The number of benzene rings is 2. The topological polar surface area (TPSA) is 30.5 Å². The molecule has 0 saturated carbocycles. The van der Waals surface area contributed by atoms with Crippen LogP contribution in [-0.4, -0.2) is 26.4 Å². The maximum Gasteiger partial charge on any atom is 0.123 e. The van der Waals surface area contributed by atoms with Gasteiger partial charge in [0.25, 0.3) is 0 Å². The van der Waals surface area contributed by atoms with Crippen molar-refractivity contribution in [2.45, 2.75) is 31.8 Å². The van der Waals surface area contributed by atoms with Crippen molar-refractivity contribution in [1.82, 2.24) is 5.32 Å². The molecule has 3 rings (SSSR count). The van der Waals surface area contributed by atoms with Gasteiger partial charge in [-0.2, -0.15) is 0 Å². The summed E-state index contributed by atoms with van der Waals surface area (Å²) >= 11 is 0. The van der Waals surface area contributed by atoms with Crippen molar-refractivity contribution in [3.8, 4) is 5.75 Å². The predicted molar refractivity (Wildman–Crippen MR) is 85.8 cm³/mol. The minimum atomic E-state index is 0.545. The Balaban J connectivity index is 1.75. The van der Waals surface area contributed by atoms with E-state index in [9.17, 15) is 0 Å². The summed E-state index contributed by atoms with van der Waals surface area (Å²) in [7, 11) is 1.74. The number of nitrogens with one attached hydrogen (secondary N) is 1. The lowest BCUT2D eigenvalue weighted by Gasteiger charge is -2.17. The highest BCUT2D eigenvalue weighted by atomic mass is 16.5. The maximum absolute atomic E-state index is 5.55. The van der Waals surface area contributed by atoms with Crippen LogP contribution in [0.5, 0.6) is 5.75 Å². The van der Waals surface area contributed by atoms with Crippen LogP contribution in [0.4, 0.5) is 0 Å². The third kappa shape index (κ3) is 3.55. The van der Waals surface area contributed by atoms with E-state index in [4.69, 9.17) is 9.47 Å². The molecule has 0 amide bonds. The van der Waals surface area contributed by atoms with Crippen molar-refractivity contribution in [2.75, 3.05) is 20.3 Å². The van der Waals surface area contributed by atoms with Gasteiger partial charge in [0.2, 0.25) is 0 Å². The zero-order valence-electron chi connectivity index (χ0n) is 12.6. The van der Waals surface area contributed by atoms with Crippen LogP contribution >= 0.6 is 0 Å². The Morgan fingerprint density at radius 3 is 2.76 bits per heavy atom. The number of methoxy groups -OCH3 is 1. The van der Waals surface area contributed by atoms with E-state index in [1.165, 1.54) is 22.8 Å². The molecule has 0 aliphatic carbocycles. The minimum absolute atomic E-state index is 0.545. The Labute approximate surface area is 126 Å². The zero-order valence-corrected chi connectivity index (χ0v) is 12.6. The SMILES string of the molecule is COc1cc2ccccc2cc1CNC1CCCOCC1. The molecule has 0 radical (unpaired) electrons. The third-order valence-corrected chi connectivity index (χ3v) is 4.18. The van der Waals surface area contributed by atoms with E-state index in [1.807, 2.05) is 0 Å². The molecule has 1 fully saturated rings. The van der Waals surface area contributed by atoms with Crippen LogP contribution in [0.15, 0.2) is 36.4 Å². The number of ether oxygens (including phenoxy) is 2. The quantitative estimate of drug-likeness (QED) is 0.932. The summed E-state index contributed by atoms with van der Waals surface area (Å²) < 4.78 is 11.1. The van der Waals surface area contributed by atoms with E-state index < -0.39 is 0 Å². The third-order valence-electron chi connectivity index (χ3n) is 4.18. The molecule has 1 aliphatic rings. The van der Waals surface area contributed by atoms with Crippen molar-refractivity contribution in [3.05, 3.63) is 42.0 Å². The van der Waals surface area contributed by atoms with Crippen LogP contribution in [0.1, 0.15) is 24.8 Å².